The number of aryl methyl sites for hydroxylation is 1. The highest BCUT2D eigenvalue weighted by Gasteiger charge is 2.13. The molecule has 2 aromatic rings. The average Bonchev–Trinajstić information content (AvgIpc) is 2.89. The van der Waals surface area contributed by atoms with Crippen molar-refractivity contribution in [3.05, 3.63) is 47.4 Å². The first-order chi connectivity index (χ1) is 9.52. The summed E-state index contributed by atoms with van der Waals surface area (Å²) in [7, 11) is 0. The van der Waals surface area contributed by atoms with Gasteiger partial charge in [-0.25, -0.2) is 9.07 Å². The number of nitrogens with zero attached hydrogens (tertiary/aromatic N) is 2. The molecule has 106 valence electrons. The minimum Gasteiger partial charge on any atom is -0.307 e. The van der Waals surface area contributed by atoms with Crippen molar-refractivity contribution in [1.29, 1.82) is 0 Å². The second-order valence-electron chi connectivity index (χ2n) is 4.84. The van der Waals surface area contributed by atoms with E-state index in [1.165, 1.54) is 6.07 Å². The van der Waals surface area contributed by atoms with Crippen LogP contribution in [0, 0.1) is 12.7 Å². The van der Waals surface area contributed by atoms with E-state index in [1.54, 1.807) is 36.0 Å². The Morgan fingerprint density at radius 2 is 2.20 bits per heavy atom. The monoisotopic (exact) mass is 275 g/mol. The lowest BCUT2D eigenvalue weighted by Crippen LogP contribution is -2.17. The maximum Gasteiger partial charge on any atom is 0.256 e. The van der Waals surface area contributed by atoms with E-state index in [1.807, 2.05) is 13.8 Å². The van der Waals surface area contributed by atoms with Crippen LogP contribution in [0.3, 0.4) is 0 Å². The Labute approximate surface area is 117 Å². The minimum absolute atomic E-state index is 0.190. The highest BCUT2D eigenvalue weighted by atomic mass is 19.1. The van der Waals surface area contributed by atoms with E-state index in [0.29, 0.717) is 16.9 Å². The summed E-state index contributed by atoms with van der Waals surface area (Å²) in [6.45, 7) is 5.73. The van der Waals surface area contributed by atoms with Gasteiger partial charge in [-0.1, -0.05) is 13.0 Å². The normalized spacial score (nSPS) is 12.2. The predicted molar refractivity (Wildman–Crippen MR) is 76.3 cm³/mol. The summed E-state index contributed by atoms with van der Waals surface area (Å²) in [5.74, 6) is -0.104. The first-order valence-electron chi connectivity index (χ1n) is 6.64. The van der Waals surface area contributed by atoms with Crippen LogP contribution in [0.5, 0.6) is 0 Å². The summed E-state index contributed by atoms with van der Waals surface area (Å²) in [5, 5.41) is 6.96. The number of hydrogen-bond donors (Lipinski definition) is 1. The predicted octanol–water partition coefficient (Wildman–Crippen LogP) is 3.55. The molecule has 0 aliphatic heterocycles. The molecule has 5 heteroatoms. The Morgan fingerprint density at radius 1 is 1.45 bits per heavy atom. The van der Waals surface area contributed by atoms with Crippen molar-refractivity contribution < 1.29 is 9.18 Å². The van der Waals surface area contributed by atoms with Crippen molar-refractivity contribution in [1.82, 2.24) is 9.78 Å². The van der Waals surface area contributed by atoms with Gasteiger partial charge in [0.1, 0.15) is 11.6 Å². The van der Waals surface area contributed by atoms with Gasteiger partial charge in [0, 0.05) is 11.6 Å². The van der Waals surface area contributed by atoms with Crippen molar-refractivity contribution in [2.75, 3.05) is 5.32 Å². The molecule has 1 aromatic heterocycles. The number of carbonyl (C=O) groups is 1. The fourth-order valence-electron chi connectivity index (χ4n) is 1.86. The molecule has 0 radical (unpaired) electrons. The summed E-state index contributed by atoms with van der Waals surface area (Å²) in [5.41, 5.74) is 0.816. The Hall–Kier alpha value is -2.17. The highest BCUT2D eigenvalue weighted by molar-refractivity contribution is 6.03. The number of rotatable bonds is 4. The smallest absolute Gasteiger partial charge is 0.256 e. The molecule has 0 saturated heterocycles. The van der Waals surface area contributed by atoms with E-state index < -0.39 is 0 Å². The number of halogens is 1. The number of amides is 1. The molecule has 0 saturated carbocycles. The molecule has 1 N–H and O–H groups in total. The molecule has 4 nitrogen and oxygen atoms in total. The topological polar surface area (TPSA) is 46.9 Å². The van der Waals surface area contributed by atoms with E-state index in [9.17, 15) is 9.18 Å². The number of hydrogen-bond acceptors (Lipinski definition) is 2. The summed E-state index contributed by atoms with van der Waals surface area (Å²) in [6, 6.07) is 6.37. The van der Waals surface area contributed by atoms with Crippen LogP contribution in [0.25, 0.3) is 0 Å². The molecular formula is C15H18FN3O. The fourth-order valence-corrected chi connectivity index (χ4v) is 1.86. The molecule has 1 heterocycles. The van der Waals surface area contributed by atoms with Crippen molar-refractivity contribution in [2.45, 2.75) is 33.2 Å². The van der Waals surface area contributed by atoms with E-state index in [0.717, 1.165) is 6.42 Å². The molecule has 0 aliphatic carbocycles. The Morgan fingerprint density at radius 3 is 2.85 bits per heavy atom. The molecule has 0 fully saturated rings. The summed E-state index contributed by atoms with van der Waals surface area (Å²) in [6.07, 6.45) is 2.54. The average molecular weight is 275 g/mol. The first-order valence-corrected chi connectivity index (χ1v) is 6.64. The lowest BCUT2D eigenvalue weighted by atomic mass is 10.1. The standard InChI is InChI=1S/C15H18FN3O/c1-4-11(3)19-14(7-8-17-19)18-15(20)12-6-5-10(2)13(16)9-12/h5-9,11H,4H2,1-3H3,(H,18,20). The number of nitrogens with one attached hydrogen (secondary N) is 1. The Balaban J connectivity index is 2.19. The Bertz CT molecular complexity index is 621. The van der Waals surface area contributed by atoms with Gasteiger partial charge in [0.2, 0.25) is 0 Å². The minimum atomic E-state index is -0.381. The van der Waals surface area contributed by atoms with Crippen molar-refractivity contribution in [3.63, 3.8) is 0 Å². The molecular weight excluding hydrogens is 257 g/mol. The van der Waals surface area contributed by atoms with Gasteiger partial charge in [0.15, 0.2) is 0 Å². The lowest BCUT2D eigenvalue weighted by molar-refractivity contribution is 0.102. The summed E-state index contributed by atoms with van der Waals surface area (Å²) >= 11 is 0. The number of anilines is 1. The quantitative estimate of drug-likeness (QED) is 0.927. The van der Waals surface area contributed by atoms with Gasteiger partial charge in [-0.05, 0) is 38.0 Å². The molecule has 1 aromatic carbocycles. The van der Waals surface area contributed by atoms with Gasteiger partial charge in [-0.15, -0.1) is 0 Å². The van der Waals surface area contributed by atoms with Crippen molar-refractivity contribution >= 4 is 11.7 Å². The highest BCUT2D eigenvalue weighted by Crippen LogP contribution is 2.17. The Kier molecular flexibility index (Phi) is 4.17. The van der Waals surface area contributed by atoms with Gasteiger partial charge < -0.3 is 5.32 Å². The molecule has 0 spiro atoms. The molecule has 0 bridgehead atoms. The molecule has 0 aliphatic rings. The number of aromatic nitrogens is 2. The van der Waals surface area contributed by atoms with Gasteiger partial charge in [-0.3, -0.25) is 4.79 Å². The zero-order chi connectivity index (χ0) is 14.7. The van der Waals surface area contributed by atoms with Crippen LogP contribution in [0.1, 0.15) is 42.2 Å². The van der Waals surface area contributed by atoms with Crippen LogP contribution in [0.4, 0.5) is 10.2 Å². The van der Waals surface area contributed by atoms with E-state index >= 15 is 0 Å². The second-order valence-corrected chi connectivity index (χ2v) is 4.84. The molecule has 2 rings (SSSR count). The third-order valence-corrected chi connectivity index (χ3v) is 3.35. The zero-order valence-corrected chi connectivity index (χ0v) is 11.9. The summed E-state index contributed by atoms with van der Waals surface area (Å²) < 4.78 is 15.2. The summed E-state index contributed by atoms with van der Waals surface area (Å²) in [4.78, 5) is 12.1. The van der Waals surface area contributed by atoms with Crippen LogP contribution in [-0.2, 0) is 0 Å². The first kappa shape index (κ1) is 14.2. The number of benzene rings is 1. The van der Waals surface area contributed by atoms with Crippen LogP contribution in [-0.4, -0.2) is 15.7 Å². The second kappa shape index (κ2) is 5.86. The molecule has 1 unspecified atom stereocenters. The molecule has 1 amide bonds. The van der Waals surface area contributed by atoms with E-state index in [-0.39, 0.29) is 17.8 Å². The van der Waals surface area contributed by atoms with Gasteiger partial charge in [-0.2, -0.15) is 5.10 Å². The molecule has 1 atom stereocenters. The third kappa shape index (κ3) is 2.87. The third-order valence-electron chi connectivity index (χ3n) is 3.35. The fraction of sp³-hybridized carbons (Fsp3) is 0.333. The maximum absolute atomic E-state index is 13.5. The van der Waals surface area contributed by atoms with Gasteiger partial charge >= 0.3 is 0 Å². The zero-order valence-electron chi connectivity index (χ0n) is 11.9. The van der Waals surface area contributed by atoms with E-state index in [4.69, 9.17) is 0 Å². The van der Waals surface area contributed by atoms with Gasteiger partial charge in [0.25, 0.3) is 5.91 Å². The molecule has 20 heavy (non-hydrogen) atoms. The SMILES string of the molecule is CCC(C)n1nccc1NC(=O)c1ccc(C)c(F)c1. The van der Waals surface area contributed by atoms with Crippen LogP contribution in [0.2, 0.25) is 0 Å². The van der Waals surface area contributed by atoms with Crippen molar-refractivity contribution in [2.24, 2.45) is 0 Å². The van der Waals surface area contributed by atoms with Crippen LogP contribution in [0.15, 0.2) is 30.5 Å². The van der Waals surface area contributed by atoms with Crippen LogP contribution >= 0.6 is 0 Å². The maximum atomic E-state index is 13.5. The number of carbonyl (C=O) groups excluding carboxylic acids is 1. The lowest BCUT2D eigenvalue weighted by Gasteiger charge is -2.14. The van der Waals surface area contributed by atoms with Gasteiger partial charge in [0.05, 0.1) is 12.2 Å². The van der Waals surface area contributed by atoms with E-state index in [2.05, 4.69) is 10.4 Å². The van der Waals surface area contributed by atoms with Crippen molar-refractivity contribution in [3.8, 4) is 0 Å². The largest absolute Gasteiger partial charge is 0.307 e. The van der Waals surface area contributed by atoms with Crippen LogP contribution < -0.4 is 5.32 Å².